The minimum absolute atomic E-state index is 0.0407. The zero-order chi connectivity index (χ0) is 18.0. The summed E-state index contributed by atoms with van der Waals surface area (Å²) in [4.78, 5) is 25.9. The number of rotatable bonds is 4. The molecule has 25 heavy (non-hydrogen) atoms. The molecule has 0 radical (unpaired) electrons. The monoisotopic (exact) mass is 358 g/mol. The van der Waals surface area contributed by atoms with Crippen molar-refractivity contribution in [3.05, 3.63) is 59.4 Å². The van der Waals surface area contributed by atoms with Gasteiger partial charge in [0.25, 0.3) is 5.91 Å². The second-order valence-electron chi connectivity index (χ2n) is 5.98. The van der Waals surface area contributed by atoms with Crippen molar-refractivity contribution in [3.63, 3.8) is 0 Å². The van der Waals surface area contributed by atoms with Gasteiger partial charge in [0, 0.05) is 24.2 Å². The smallest absolute Gasteiger partial charge is 0.257 e. The Balaban J connectivity index is 1.74. The van der Waals surface area contributed by atoms with E-state index in [4.69, 9.17) is 11.6 Å². The Morgan fingerprint density at radius 3 is 2.76 bits per heavy atom. The Labute approximate surface area is 151 Å². The summed E-state index contributed by atoms with van der Waals surface area (Å²) in [6, 6.07) is 7.24. The van der Waals surface area contributed by atoms with E-state index in [1.807, 2.05) is 19.1 Å². The molecule has 0 bridgehead atoms. The molecule has 0 spiro atoms. The number of nitrogens with zero attached hydrogens (tertiary/aromatic N) is 3. The van der Waals surface area contributed by atoms with Crippen LogP contribution in [-0.4, -0.2) is 45.6 Å². The summed E-state index contributed by atoms with van der Waals surface area (Å²) in [7, 11) is 0. The Morgan fingerprint density at radius 1 is 1.36 bits per heavy atom. The topological polar surface area (TPSA) is 67.2 Å². The minimum Gasteiger partial charge on any atom is -0.348 e. The lowest BCUT2D eigenvalue weighted by molar-refractivity contribution is -0.117. The first-order valence-corrected chi connectivity index (χ1v) is 8.40. The first-order valence-electron chi connectivity index (χ1n) is 8.02. The zero-order valence-corrected chi connectivity index (χ0v) is 14.7. The molecule has 7 heteroatoms. The average Bonchev–Trinajstić information content (AvgIpc) is 3.22. The van der Waals surface area contributed by atoms with Gasteiger partial charge in [-0.1, -0.05) is 18.2 Å². The van der Waals surface area contributed by atoms with Gasteiger partial charge in [-0.3, -0.25) is 9.59 Å². The standard InChI is InChI=1S/C18H19ClN4O2/c1-3-17(24)21-14-8-9-22(11-14)18(25)16-10-20-23(12(16)2)15-6-4-13(19)5-7-15/h3-7,10,14H,1,8-9,11H2,2H3,(H,21,24)/t14-/m0/s1. The van der Waals surface area contributed by atoms with E-state index >= 15 is 0 Å². The van der Waals surface area contributed by atoms with Crippen LogP contribution in [0.3, 0.4) is 0 Å². The van der Waals surface area contributed by atoms with Crippen LogP contribution in [0.15, 0.2) is 43.1 Å². The van der Waals surface area contributed by atoms with E-state index in [1.165, 1.54) is 6.08 Å². The molecule has 1 aliphatic heterocycles. The van der Waals surface area contributed by atoms with E-state index in [1.54, 1.807) is 27.9 Å². The number of benzene rings is 1. The molecule has 6 nitrogen and oxygen atoms in total. The van der Waals surface area contributed by atoms with Gasteiger partial charge in [-0.2, -0.15) is 5.10 Å². The Bertz CT molecular complexity index is 813. The van der Waals surface area contributed by atoms with Crippen molar-refractivity contribution in [3.8, 4) is 5.69 Å². The predicted octanol–water partition coefficient (Wildman–Crippen LogP) is 2.35. The second kappa shape index (κ2) is 7.11. The fourth-order valence-electron chi connectivity index (χ4n) is 2.96. The predicted molar refractivity (Wildman–Crippen MR) is 96.0 cm³/mol. The van der Waals surface area contributed by atoms with Crippen LogP contribution in [0.2, 0.25) is 5.02 Å². The number of carbonyl (C=O) groups excluding carboxylic acids is 2. The first-order chi connectivity index (χ1) is 12.0. The van der Waals surface area contributed by atoms with Gasteiger partial charge in [0.15, 0.2) is 0 Å². The molecule has 1 aromatic carbocycles. The Kier molecular flexibility index (Phi) is 4.90. The summed E-state index contributed by atoms with van der Waals surface area (Å²) in [5, 5.41) is 7.81. The van der Waals surface area contributed by atoms with Gasteiger partial charge < -0.3 is 10.2 Å². The maximum Gasteiger partial charge on any atom is 0.257 e. The van der Waals surface area contributed by atoms with Crippen molar-refractivity contribution in [2.75, 3.05) is 13.1 Å². The average molecular weight is 359 g/mol. The van der Waals surface area contributed by atoms with Crippen LogP contribution in [0.4, 0.5) is 0 Å². The van der Waals surface area contributed by atoms with Gasteiger partial charge in [0.2, 0.25) is 5.91 Å². The highest BCUT2D eigenvalue weighted by Gasteiger charge is 2.29. The highest BCUT2D eigenvalue weighted by atomic mass is 35.5. The molecule has 2 aromatic rings. The SMILES string of the molecule is C=CC(=O)N[C@H]1CCN(C(=O)c2cnn(-c3ccc(Cl)cc3)c2C)C1. The normalized spacial score (nSPS) is 16.7. The largest absolute Gasteiger partial charge is 0.348 e. The number of amides is 2. The molecule has 1 saturated heterocycles. The summed E-state index contributed by atoms with van der Waals surface area (Å²) in [6.07, 6.45) is 3.56. The molecule has 1 atom stereocenters. The fraction of sp³-hybridized carbons (Fsp3) is 0.278. The fourth-order valence-corrected chi connectivity index (χ4v) is 3.08. The molecule has 0 unspecified atom stereocenters. The Hall–Kier alpha value is -2.60. The van der Waals surface area contributed by atoms with Crippen LogP contribution >= 0.6 is 11.6 Å². The number of halogens is 1. The molecule has 2 heterocycles. The van der Waals surface area contributed by atoms with Crippen LogP contribution in [0.25, 0.3) is 5.69 Å². The summed E-state index contributed by atoms with van der Waals surface area (Å²) in [6.45, 7) is 6.40. The Morgan fingerprint density at radius 2 is 2.08 bits per heavy atom. The van der Waals surface area contributed by atoms with E-state index in [-0.39, 0.29) is 17.9 Å². The first kappa shape index (κ1) is 17.2. The molecular formula is C18H19ClN4O2. The molecule has 1 fully saturated rings. The van der Waals surface area contributed by atoms with E-state index in [9.17, 15) is 9.59 Å². The van der Waals surface area contributed by atoms with Crippen LogP contribution in [0.1, 0.15) is 22.5 Å². The van der Waals surface area contributed by atoms with Crippen LogP contribution in [0, 0.1) is 6.92 Å². The van der Waals surface area contributed by atoms with Crippen molar-refractivity contribution in [1.29, 1.82) is 0 Å². The third-order valence-electron chi connectivity index (χ3n) is 4.32. The summed E-state index contributed by atoms with van der Waals surface area (Å²) < 4.78 is 1.72. The molecule has 0 aliphatic carbocycles. The van der Waals surface area contributed by atoms with Gasteiger partial charge in [-0.15, -0.1) is 0 Å². The number of likely N-dealkylation sites (tertiary alicyclic amines) is 1. The van der Waals surface area contributed by atoms with Gasteiger partial charge in [0.05, 0.1) is 23.1 Å². The lowest BCUT2D eigenvalue weighted by Crippen LogP contribution is -2.37. The molecule has 2 amide bonds. The number of hydrogen-bond acceptors (Lipinski definition) is 3. The number of nitrogens with one attached hydrogen (secondary N) is 1. The quantitative estimate of drug-likeness (QED) is 0.853. The van der Waals surface area contributed by atoms with Gasteiger partial charge in [-0.05, 0) is 43.7 Å². The van der Waals surface area contributed by atoms with E-state index in [0.717, 1.165) is 17.8 Å². The van der Waals surface area contributed by atoms with Crippen molar-refractivity contribution in [1.82, 2.24) is 20.0 Å². The van der Waals surface area contributed by atoms with Crippen molar-refractivity contribution >= 4 is 23.4 Å². The number of hydrogen-bond donors (Lipinski definition) is 1. The lowest BCUT2D eigenvalue weighted by Gasteiger charge is -2.16. The van der Waals surface area contributed by atoms with Crippen LogP contribution in [-0.2, 0) is 4.79 Å². The molecule has 0 saturated carbocycles. The van der Waals surface area contributed by atoms with E-state index in [0.29, 0.717) is 23.7 Å². The number of carbonyl (C=O) groups is 2. The molecule has 130 valence electrons. The highest BCUT2D eigenvalue weighted by Crippen LogP contribution is 2.20. The summed E-state index contributed by atoms with van der Waals surface area (Å²) >= 11 is 5.91. The van der Waals surface area contributed by atoms with Gasteiger partial charge in [0.1, 0.15) is 0 Å². The van der Waals surface area contributed by atoms with Gasteiger partial charge >= 0.3 is 0 Å². The molecule has 1 aromatic heterocycles. The highest BCUT2D eigenvalue weighted by molar-refractivity contribution is 6.30. The molecule has 3 rings (SSSR count). The maximum atomic E-state index is 12.8. The van der Waals surface area contributed by atoms with E-state index < -0.39 is 0 Å². The summed E-state index contributed by atoms with van der Waals surface area (Å²) in [5.74, 6) is -0.292. The minimum atomic E-state index is -0.217. The third kappa shape index (κ3) is 3.58. The zero-order valence-electron chi connectivity index (χ0n) is 13.9. The van der Waals surface area contributed by atoms with Crippen molar-refractivity contribution in [2.24, 2.45) is 0 Å². The second-order valence-corrected chi connectivity index (χ2v) is 6.42. The third-order valence-corrected chi connectivity index (χ3v) is 4.57. The van der Waals surface area contributed by atoms with E-state index in [2.05, 4.69) is 17.0 Å². The summed E-state index contributed by atoms with van der Waals surface area (Å²) in [5.41, 5.74) is 2.18. The molecular weight excluding hydrogens is 340 g/mol. The lowest BCUT2D eigenvalue weighted by atomic mass is 10.2. The van der Waals surface area contributed by atoms with Crippen molar-refractivity contribution in [2.45, 2.75) is 19.4 Å². The molecule has 1 aliphatic rings. The maximum absolute atomic E-state index is 12.8. The van der Waals surface area contributed by atoms with Crippen LogP contribution < -0.4 is 5.32 Å². The molecule has 1 N–H and O–H groups in total. The van der Waals surface area contributed by atoms with Crippen LogP contribution in [0.5, 0.6) is 0 Å². The number of aromatic nitrogens is 2. The van der Waals surface area contributed by atoms with Crippen molar-refractivity contribution < 1.29 is 9.59 Å². The van der Waals surface area contributed by atoms with Gasteiger partial charge in [-0.25, -0.2) is 4.68 Å².